The Labute approximate surface area is 125 Å². The lowest BCUT2D eigenvalue weighted by atomic mass is 10.2. The first-order valence-corrected chi connectivity index (χ1v) is 7.07. The molecule has 0 aliphatic rings. The van der Waals surface area contributed by atoms with Crippen LogP contribution in [0.3, 0.4) is 0 Å². The molecule has 104 valence electrons. The van der Waals surface area contributed by atoms with E-state index in [1.165, 1.54) is 5.56 Å². The smallest absolute Gasteiger partial charge is 0.134 e. The zero-order chi connectivity index (χ0) is 14.7. The van der Waals surface area contributed by atoms with Crippen LogP contribution in [0.4, 0.5) is 0 Å². The van der Waals surface area contributed by atoms with Crippen molar-refractivity contribution in [2.24, 2.45) is 0 Å². The average molecular weight is 274 g/mol. The highest BCUT2D eigenvalue weighted by atomic mass is 15.1. The molecule has 1 heterocycles. The summed E-state index contributed by atoms with van der Waals surface area (Å²) in [6, 6.07) is 18.5. The molecule has 0 spiro atoms. The van der Waals surface area contributed by atoms with E-state index in [1.807, 2.05) is 43.3 Å². The number of allylic oxidation sites excluding steroid dienone is 1. The Hall–Kier alpha value is -2.61. The molecule has 0 amide bonds. The Balaban J connectivity index is 2.04. The molecule has 0 unspecified atom stereocenters. The summed E-state index contributed by atoms with van der Waals surface area (Å²) in [5.41, 5.74) is 4.46. The highest BCUT2D eigenvalue weighted by Gasteiger charge is 2.07. The minimum atomic E-state index is 0.787. The largest absolute Gasteiger partial charge is 0.320 e. The second-order valence-corrected chi connectivity index (χ2v) is 5.25. The van der Waals surface area contributed by atoms with Crippen LogP contribution < -0.4 is 0 Å². The standard InChI is InChI=1S/C19H18N2/c1-15(2)14-21-18-11-7-6-10-17(18)20-19(21)13-12-16-8-4-3-5-9-16/h3-13H,1,14H2,2H3/b13-12+. The van der Waals surface area contributed by atoms with E-state index in [0.717, 1.165) is 29.0 Å². The molecule has 0 radical (unpaired) electrons. The summed E-state index contributed by atoms with van der Waals surface area (Å²) >= 11 is 0. The van der Waals surface area contributed by atoms with Gasteiger partial charge in [0, 0.05) is 6.54 Å². The molecule has 0 bridgehead atoms. The number of aromatic nitrogens is 2. The predicted molar refractivity (Wildman–Crippen MR) is 89.9 cm³/mol. The molecular weight excluding hydrogens is 256 g/mol. The lowest BCUT2D eigenvalue weighted by molar-refractivity contribution is 0.801. The summed E-state index contributed by atoms with van der Waals surface area (Å²) in [5, 5.41) is 0. The van der Waals surface area contributed by atoms with E-state index in [4.69, 9.17) is 4.98 Å². The van der Waals surface area contributed by atoms with E-state index in [2.05, 4.69) is 41.5 Å². The minimum absolute atomic E-state index is 0.787. The molecule has 0 aliphatic heterocycles. The maximum Gasteiger partial charge on any atom is 0.134 e. The molecule has 0 saturated carbocycles. The molecule has 21 heavy (non-hydrogen) atoms. The maximum absolute atomic E-state index is 4.72. The van der Waals surface area contributed by atoms with Gasteiger partial charge >= 0.3 is 0 Å². The van der Waals surface area contributed by atoms with Crippen molar-refractivity contribution >= 4 is 23.2 Å². The minimum Gasteiger partial charge on any atom is -0.320 e. The van der Waals surface area contributed by atoms with E-state index in [0.29, 0.717) is 0 Å². The first-order valence-electron chi connectivity index (χ1n) is 7.07. The zero-order valence-electron chi connectivity index (χ0n) is 12.2. The van der Waals surface area contributed by atoms with Crippen LogP contribution in [0.2, 0.25) is 0 Å². The summed E-state index contributed by atoms with van der Waals surface area (Å²) < 4.78 is 2.21. The molecule has 2 nitrogen and oxygen atoms in total. The third-order valence-electron chi connectivity index (χ3n) is 3.34. The molecule has 1 aromatic heterocycles. The summed E-state index contributed by atoms with van der Waals surface area (Å²) in [6.45, 7) is 6.85. The fourth-order valence-corrected chi connectivity index (χ4v) is 2.39. The Morgan fingerprint density at radius 1 is 1.05 bits per heavy atom. The van der Waals surface area contributed by atoms with Crippen LogP contribution in [0.5, 0.6) is 0 Å². The van der Waals surface area contributed by atoms with Gasteiger partial charge in [-0.05, 0) is 30.7 Å². The second kappa shape index (κ2) is 5.80. The monoisotopic (exact) mass is 274 g/mol. The van der Waals surface area contributed by atoms with Crippen molar-refractivity contribution in [2.75, 3.05) is 0 Å². The third-order valence-corrected chi connectivity index (χ3v) is 3.34. The Bertz CT molecular complexity index is 795. The van der Waals surface area contributed by atoms with Crippen molar-refractivity contribution < 1.29 is 0 Å². The first-order chi connectivity index (χ1) is 10.2. The first kappa shape index (κ1) is 13.4. The topological polar surface area (TPSA) is 17.8 Å². The van der Waals surface area contributed by atoms with Crippen LogP contribution in [0, 0.1) is 0 Å². The summed E-state index contributed by atoms with van der Waals surface area (Å²) in [6.07, 6.45) is 4.16. The van der Waals surface area contributed by atoms with Gasteiger partial charge in [0.05, 0.1) is 11.0 Å². The molecule has 3 aromatic rings. The van der Waals surface area contributed by atoms with E-state index in [1.54, 1.807) is 0 Å². The Morgan fingerprint density at radius 2 is 1.76 bits per heavy atom. The van der Waals surface area contributed by atoms with Crippen molar-refractivity contribution in [3.05, 3.63) is 78.1 Å². The van der Waals surface area contributed by atoms with Crippen LogP contribution in [-0.2, 0) is 6.54 Å². The molecule has 2 heteroatoms. The number of benzene rings is 2. The van der Waals surface area contributed by atoms with Crippen molar-refractivity contribution in [3.63, 3.8) is 0 Å². The van der Waals surface area contributed by atoms with Crippen molar-refractivity contribution in [2.45, 2.75) is 13.5 Å². The van der Waals surface area contributed by atoms with Crippen LogP contribution in [-0.4, -0.2) is 9.55 Å². The molecule has 3 rings (SSSR count). The Kier molecular flexibility index (Phi) is 3.69. The number of imidazole rings is 1. The van der Waals surface area contributed by atoms with E-state index in [-0.39, 0.29) is 0 Å². The molecule has 0 aliphatic carbocycles. The molecule has 0 atom stereocenters. The van der Waals surface area contributed by atoms with E-state index < -0.39 is 0 Å². The van der Waals surface area contributed by atoms with Gasteiger partial charge in [-0.1, -0.05) is 60.7 Å². The van der Waals surface area contributed by atoms with Gasteiger partial charge in [0.2, 0.25) is 0 Å². The van der Waals surface area contributed by atoms with Gasteiger partial charge in [0.15, 0.2) is 0 Å². The number of rotatable bonds is 4. The lowest BCUT2D eigenvalue weighted by Gasteiger charge is -2.06. The summed E-state index contributed by atoms with van der Waals surface area (Å²) in [7, 11) is 0. The molecule has 0 saturated heterocycles. The normalized spacial score (nSPS) is 11.3. The SMILES string of the molecule is C=C(C)Cn1c(/C=C/c2ccccc2)nc2ccccc21. The van der Waals surface area contributed by atoms with Crippen molar-refractivity contribution in [3.8, 4) is 0 Å². The quantitative estimate of drug-likeness (QED) is 0.626. The fourth-order valence-electron chi connectivity index (χ4n) is 2.39. The fraction of sp³-hybridized carbons (Fsp3) is 0.105. The van der Waals surface area contributed by atoms with Crippen LogP contribution in [0.25, 0.3) is 23.2 Å². The predicted octanol–water partition coefficient (Wildman–Crippen LogP) is 4.78. The van der Waals surface area contributed by atoms with Crippen LogP contribution >= 0.6 is 0 Å². The zero-order valence-corrected chi connectivity index (χ0v) is 12.2. The summed E-state index contributed by atoms with van der Waals surface area (Å²) in [4.78, 5) is 4.72. The maximum atomic E-state index is 4.72. The van der Waals surface area contributed by atoms with Gasteiger partial charge in [-0.3, -0.25) is 0 Å². The molecule has 0 fully saturated rings. The number of hydrogen-bond acceptors (Lipinski definition) is 1. The third kappa shape index (κ3) is 2.95. The van der Waals surface area contributed by atoms with Gasteiger partial charge in [0.25, 0.3) is 0 Å². The van der Waals surface area contributed by atoms with Crippen molar-refractivity contribution in [1.82, 2.24) is 9.55 Å². The van der Waals surface area contributed by atoms with Gasteiger partial charge in [0.1, 0.15) is 5.82 Å². The Morgan fingerprint density at radius 3 is 2.52 bits per heavy atom. The van der Waals surface area contributed by atoms with Crippen molar-refractivity contribution in [1.29, 1.82) is 0 Å². The lowest BCUT2D eigenvalue weighted by Crippen LogP contribution is -2.00. The van der Waals surface area contributed by atoms with E-state index in [9.17, 15) is 0 Å². The van der Waals surface area contributed by atoms with E-state index >= 15 is 0 Å². The van der Waals surface area contributed by atoms with Gasteiger partial charge in [-0.2, -0.15) is 0 Å². The average Bonchev–Trinajstić information content (AvgIpc) is 2.84. The molecule has 2 aromatic carbocycles. The van der Waals surface area contributed by atoms with Gasteiger partial charge in [-0.25, -0.2) is 4.98 Å². The number of hydrogen-bond donors (Lipinski definition) is 0. The number of nitrogens with zero attached hydrogens (tertiary/aromatic N) is 2. The van der Waals surface area contributed by atoms with Crippen LogP contribution in [0.1, 0.15) is 18.3 Å². The number of fused-ring (bicyclic) bond motifs is 1. The van der Waals surface area contributed by atoms with Crippen LogP contribution in [0.15, 0.2) is 66.7 Å². The van der Waals surface area contributed by atoms with Gasteiger partial charge in [-0.15, -0.1) is 0 Å². The highest BCUT2D eigenvalue weighted by Crippen LogP contribution is 2.19. The number of para-hydroxylation sites is 2. The molecular formula is C19H18N2. The molecule has 0 N–H and O–H groups in total. The van der Waals surface area contributed by atoms with Gasteiger partial charge < -0.3 is 4.57 Å². The highest BCUT2D eigenvalue weighted by molar-refractivity contribution is 5.80. The summed E-state index contributed by atoms with van der Waals surface area (Å²) in [5.74, 6) is 0.961. The second-order valence-electron chi connectivity index (χ2n) is 5.25.